The molecule has 0 N–H and O–H groups in total. The first kappa shape index (κ1) is 13.7. The van der Waals surface area contributed by atoms with E-state index in [1.54, 1.807) is 0 Å². The molecule has 0 saturated heterocycles. The van der Waals surface area contributed by atoms with E-state index >= 15 is 0 Å². The second-order valence-corrected chi connectivity index (χ2v) is 5.31. The van der Waals surface area contributed by atoms with Gasteiger partial charge in [0.15, 0.2) is 0 Å². The highest BCUT2D eigenvalue weighted by atomic mass is 79.9. The molecule has 0 bridgehead atoms. The maximum atomic E-state index is 5.91. The lowest BCUT2D eigenvalue weighted by atomic mass is 9.98. The van der Waals surface area contributed by atoms with E-state index in [-0.39, 0.29) is 0 Å². The van der Waals surface area contributed by atoms with Crippen LogP contribution in [0.25, 0.3) is 5.57 Å². The first-order valence-electron chi connectivity index (χ1n) is 5.48. The van der Waals surface area contributed by atoms with E-state index < -0.39 is 0 Å². The zero-order valence-electron chi connectivity index (χ0n) is 9.54. The molecule has 0 aromatic heterocycles. The van der Waals surface area contributed by atoms with Crippen LogP contribution in [0.2, 0.25) is 10.0 Å². The SMILES string of the molecule is Clc1ccc(C(=CCBr)c2ccc(Cl)cc2)cc1. The third kappa shape index (κ3) is 3.38. The molecule has 0 spiro atoms. The van der Waals surface area contributed by atoms with Gasteiger partial charge in [0.1, 0.15) is 0 Å². The van der Waals surface area contributed by atoms with E-state index in [9.17, 15) is 0 Å². The molecular weight excluding hydrogens is 331 g/mol. The van der Waals surface area contributed by atoms with Gasteiger partial charge in [-0.2, -0.15) is 0 Å². The molecule has 0 aliphatic carbocycles. The fourth-order valence-electron chi connectivity index (χ4n) is 1.74. The molecule has 0 amide bonds. The molecule has 0 aliphatic heterocycles. The lowest BCUT2D eigenvalue weighted by molar-refractivity contribution is 1.53. The third-order valence-electron chi connectivity index (χ3n) is 2.59. The number of benzene rings is 2. The Morgan fingerprint density at radius 3 is 1.56 bits per heavy atom. The second-order valence-electron chi connectivity index (χ2n) is 3.79. The molecule has 18 heavy (non-hydrogen) atoms. The van der Waals surface area contributed by atoms with Crippen LogP contribution in [-0.4, -0.2) is 5.33 Å². The molecule has 2 rings (SSSR count). The van der Waals surface area contributed by atoms with Gasteiger partial charge in [-0.1, -0.05) is 69.5 Å². The zero-order chi connectivity index (χ0) is 13.0. The summed E-state index contributed by atoms with van der Waals surface area (Å²) in [5.74, 6) is 0. The van der Waals surface area contributed by atoms with Gasteiger partial charge in [-0.15, -0.1) is 0 Å². The molecule has 0 saturated carbocycles. The first-order chi connectivity index (χ1) is 8.70. The number of rotatable bonds is 3. The topological polar surface area (TPSA) is 0 Å². The normalized spacial score (nSPS) is 10.2. The largest absolute Gasteiger partial charge is 0.0883 e. The molecule has 2 aromatic carbocycles. The molecule has 0 fully saturated rings. The van der Waals surface area contributed by atoms with Crippen molar-refractivity contribution < 1.29 is 0 Å². The minimum Gasteiger partial charge on any atom is -0.0883 e. The quantitative estimate of drug-likeness (QED) is 0.617. The molecule has 0 nitrogen and oxygen atoms in total. The van der Waals surface area contributed by atoms with Crippen molar-refractivity contribution in [1.29, 1.82) is 0 Å². The van der Waals surface area contributed by atoms with Crippen LogP contribution in [0.15, 0.2) is 54.6 Å². The molecule has 0 radical (unpaired) electrons. The third-order valence-corrected chi connectivity index (χ3v) is 3.42. The lowest BCUT2D eigenvalue weighted by Crippen LogP contribution is -1.88. The van der Waals surface area contributed by atoms with Crippen LogP contribution in [0, 0.1) is 0 Å². The van der Waals surface area contributed by atoms with E-state index in [2.05, 4.69) is 22.0 Å². The zero-order valence-corrected chi connectivity index (χ0v) is 12.6. The van der Waals surface area contributed by atoms with Gasteiger partial charge in [-0.3, -0.25) is 0 Å². The minimum absolute atomic E-state index is 0.744. The smallest absolute Gasteiger partial charge is 0.0406 e. The van der Waals surface area contributed by atoms with Crippen LogP contribution in [0.5, 0.6) is 0 Å². The fraction of sp³-hybridized carbons (Fsp3) is 0.0667. The van der Waals surface area contributed by atoms with Crippen molar-refractivity contribution >= 4 is 44.7 Å². The van der Waals surface area contributed by atoms with Crippen molar-refractivity contribution in [3.8, 4) is 0 Å². The number of hydrogen-bond acceptors (Lipinski definition) is 0. The number of halogens is 3. The van der Waals surface area contributed by atoms with Crippen molar-refractivity contribution in [2.24, 2.45) is 0 Å². The van der Waals surface area contributed by atoms with Gasteiger partial charge in [0.2, 0.25) is 0 Å². The summed E-state index contributed by atoms with van der Waals surface area (Å²) in [6.45, 7) is 0. The summed E-state index contributed by atoms with van der Waals surface area (Å²) in [5.41, 5.74) is 3.45. The predicted molar refractivity (Wildman–Crippen MR) is 83.8 cm³/mol. The Hall–Kier alpha value is -0.760. The Morgan fingerprint density at radius 1 is 0.833 bits per heavy atom. The van der Waals surface area contributed by atoms with E-state index in [0.29, 0.717) is 0 Å². The average molecular weight is 342 g/mol. The highest BCUT2D eigenvalue weighted by molar-refractivity contribution is 9.09. The van der Waals surface area contributed by atoms with Gasteiger partial charge in [-0.05, 0) is 41.0 Å². The maximum Gasteiger partial charge on any atom is 0.0406 e. The summed E-state index contributed by atoms with van der Waals surface area (Å²) >= 11 is 15.3. The van der Waals surface area contributed by atoms with Gasteiger partial charge >= 0.3 is 0 Å². The summed E-state index contributed by atoms with van der Waals surface area (Å²) in [6.07, 6.45) is 2.13. The van der Waals surface area contributed by atoms with Gasteiger partial charge in [-0.25, -0.2) is 0 Å². The van der Waals surface area contributed by atoms with Crippen LogP contribution in [0.4, 0.5) is 0 Å². The van der Waals surface area contributed by atoms with Crippen molar-refractivity contribution in [2.45, 2.75) is 0 Å². The van der Waals surface area contributed by atoms with Gasteiger partial charge in [0.05, 0.1) is 0 Å². The van der Waals surface area contributed by atoms with E-state index in [1.165, 1.54) is 5.57 Å². The monoisotopic (exact) mass is 340 g/mol. The summed E-state index contributed by atoms with van der Waals surface area (Å²) in [4.78, 5) is 0. The Morgan fingerprint density at radius 2 is 1.22 bits per heavy atom. The van der Waals surface area contributed by atoms with Crippen LogP contribution in [-0.2, 0) is 0 Å². The van der Waals surface area contributed by atoms with E-state index in [1.807, 2.05) is 48.5 Å². The number of alkyl halides is 1. The Kier molecular flexibility index (Phi) is 4.87. The Balaban J connectivity index is 2.43. The van der Waals surface area contributed by atoms with Gasteiger partial charge in [0.25, 0.3) is 0 Å². The van der Waals surface area contributed by atoms with Crippen LogP contribution >= 0.6 is 39.1 Å². The maximum absolute atomic E-state index is 5.91. The van der Waals surface area contributed by atoms with Gasteiger partial charge in [0, 0.05) is 15.4 Å². The highest BCUT2D eigenvalue weighted by Gasteiger charge is 2.04. The first-order valence-corrected chi connectivity index (χ1v) is 7.36. The standard InChI is InChI=1S/C15H11BrCl2/c16-10-9-15(11-1-5-13(17)6-2-11)12-3-7-14(18)8-4-12/h1-9H,10H2. The minimum atomic E-state index is 0.744. The molecule has 0 unspecified atom stereocenters. The lowest BCUT2D eigenvalue weighted by Gasteiger charge is -2.08. The van der Waals surface area contributed by atoms with Crippen molar-refractivity contribution in [2.75, 3.05) is 5.33 Å². The van der Waals surface area contributed by atoms with Crippen LogP contribution < -0.4 is 0 Å². The summed E-state index contributed by atoms with van der Waals surface area (Å²) in [7, 11) is 0. The van der Waals surface area contributed by atoms with Crippen molar-refractivity contribution in [3.63, 3.8) is 0 Å². The second kappa shape index (κ2) is 6.42. The highest BCUT2D eigenvalue weighted by Crippen LogP contribution is 2.26. The van der Waals surface area contributed by atoms with Crippen LogP contribution in [0.1, 0.15) is 11.1 Å². The van der Waals surface area contributed by atoms with E-state index in [4.69, 9.17) is 23.2 Å². The van der Waals surface area contributed by atoms with Crippen molar-refractivity contribution in [3.05, 3.63) is 75.8 Å². The average Bonchev–Trinajstić information content (AvgIpc) is 2.39. The number of allylic oxidation sites excluding steroid dienone is 1. The van der Waals surface area contributed by atoms with Gasteiger partial charge < -0.3 is 0 Å². The Bertz CT molecular complexity index is 494. The summed E-state index contributed by atoms with van der Waals surface area (Å²) in [5, 5.41) is 2.29. The van der Waals surface area contributed by atoms with Crippen molar-refractivity contribution in [1.82, 2.24) is 0 Å². The molecule has 0 atom stereocenters. The van der Waals surface area contributed by atoms with Crippen LogP contribution in [0.3, 0.4) is 0 Å². The summed E-state index contributed by atoms with van der Waals surface area (Å²) in [6, 6.07) is 15.7. The molecule has 0 heterocycles. The summed E-state index contributed by atoms with van der Waals surface area (Å²) < 4.78 is 0. The van der Waals surface area contributed by atoms with E-state index in [0.717, 1.165) is 26.5 Å². The Labute approximate surface area is 125 Å². The molecule has 2 aromatic rings. The molecule has 0 aliphatic rings. The predicted octanol–water partition coefficient (Wildman–Crippen LogP) is 5.82. The number of hydrogen-bond donors (Lipinski definition) is 0. The molecule has 92 valence electrons. The fourth-order valence-corrected chi connectivity index (χ4v) is 2.31. The molecule has 3 heteroatoms. The molecular formula is C15H11BrCl2.